The third kappa shape index (κ3) is 4.39. The molecule has 0 bridgehead atoms. The van der Waals surface area contributed by atoms with Gasteiger partial charge in [0.25, 0.3) is 5.91 Å². The van der Waals surface area contributed by atoms with Gasteiger partial charge in [0, 0.05) is 5.39 Å². The molecule has 142 valence electrons. The maximum absolute atomic E-state index is 12.7. The Balaban J connectivity index is 1.89. The Kier molecular flexibility index (Phi) is 5.37. The molecule has 1 aromatic carbocycles. The fraction of sp³-hybridized carbons (Fsp3) is 0.333. The zero-order valence-corrected chi connectivity index (χ0v) is 16.7. The van der Waals surface area contributed by atoms with Gasteiger partial charge in [-0.15, -0.1) is 11.3 Å². The standard InChI is InChI=1S/C21H23NO4S/c1-5-8-14-12-27-19(17(14)20(24)26-21(2,3)4)22-18(23)16-11-13-9-6-7-10-15(13)25-16/h6-7,9-12H,5,8H2,1-4H3,(H,22,23). The molecule has 0 saturated carbocycles. The molecule has 3 rings (SSSR count). The minimum atomic E-state index is -0.609. The molecule has 2 heterocycles. The summed E-state index contributed by atoms with van der Waals surface area (Å²) in [7, 11) is 0. The van der Waals surface area contributed by atoms with E-state index in [-0.39, 0.29) is 11.7 Å². The summed E-state index contributed by atoms with van der Waals surface area (Å²) in [6.07, 6.45) is 1.63. The van der Waals surface area contributed by atoms with Gasteiger partial charge in [-0.25, -0.2) is 4.79 Å². The molecule has 0 radical (unpaired) electrons. The van der Waals surface area contributed by atoms with Crippen LogP contribution >= 0.6 is 11.3 Å². The van der Waals surface area contributed by atoms with E-state index in [2.05, 4.69) is 5.32 Å². The number of hydrogen-bond acceptors (Lipinski definition) is 5. The molecule has 27 heavy (non-hydrogen) atoms. The summed E-state index contributed by atoms with van der Waals surface area (Å²) >= 11 is 1.33. The molecule has 1 amide bonds. The van der Waals surface area contributed by atoms with E-state index < -0.39 is 11.6 Å². The first-order chi connectivity index (χ1) is 12.8. The van der Waals surface area contributed by atoms with Gasteiger partial charge in [-0.3, -0.25) is 4.79 Å². The third-order valence-corrected chi connectivity index (χ3v) is 4.81. The number of carbonyl (C=O) groups is 2. The lowest BCUT2D eigenvalue weighted by Gasteiger charge is -2.20. The van der Waals surface area contributed by atoms with Crippen LogP contribution in [0.3, 0.4) is 0 Å². The Hall–Kier alpha value is -2.60. The SMILES string of the molecule is CCCc1csc(NC(=O)c2cc3ccccc3o2)c1C(=O)OC(C)(C)C. The lowest BCUT2D eigenvalue weighted by atomic mass is 10.1. The van der Waals surface area contributed by atoms with Crippen LogP contribution in [0.25, 0.3) is 11.0 Å². The van der Waals surface area contributed by atoms with Gasteiger partial charge >= 0.3 is 5.97 Å². The number of rotatable bonds is 5. The topological polar surface area (TPSA) is 68.5 Å². The normalized spacial score (nSPS) is 11.6. The Labute approximate surface area is 162 Å². The molecule has 6 heteroatoms. The van der Waals surface area contributed by atoms with E-state index in [0.717, 1.165) is 23.8 Å². The lowest BCUT2D eigenvalue weighted by Crippen LogP contribution is -2.25. The van der Waals surface area contributed by atoms with Gasteiger partial charge in [0.15, 0.2) is 5.76 Å². The first-order valence-corrected chi connectivity index (χ1v) is 9.80. The maximum atomic E-state index is 12.7. The smallest absolute Gasteiger partial charge is 0.341 e. The number of carbonyl (C=O) groups excluding carboxylic acids is 2. The fourth-order valence-corrected chi connectivity index (χ4v) is 3.73. The zero-order chi connectivity index (χ0) is 19.6. The van der Waals surface area contributed by atoms with Gasteiger partial charge in [-0.2, -0.15) is 0 Å². The van der Waals surface area contributed by atoms with Crippen LogP contribution in [0.5, 0.6) is 0 Å². The average Bonchev–Trinajstić information content (AvgIpc) is 3.17. The summed E-state index contributed by atoms with van der Waals surface area (Å²) in [5, 5.41) is 6.06. The van der Waals surface area contributed by atoms with Crippen molar-refractivity contribution < 1.29 is 18.7 Å². The van der Waals surface area contributed by atoms with Crippen molar-refractivity contribution in [1.29, 1.82) is 0 Å². The van der Waals surface area contributed by atoms with Gasteiger partial charge in [0.2, 0.25) is 0 Å². The molecule has 3 aromatic rings. The molecule has 0 fully saturated rings. The number of ether oxygens (including phenoxy) is 1. The van der Waals surface area contributed by atoms with Gasteiger partial charge in [0.1, 0.15) is 16.2 Å². The maximum Gasteiger partial charge on any atom is 0.341 e. The molecule has 2 aromatic heterocycles. The number of thiophene rings is 1. The van der Waals surface area contributed by atoms with Gasteiger partial charge in [0.05, 0.1) is 5.56 Å². The van der Waals surface area contributed by atoms with Crippen LogP contribution in [0.15, 0.2) is 40.1 Å². The Morgan fingerprint density at radius 1 is 1.22 bits per heavy atom. The van der Waals surface area contributed by atoms with Gasteiger partial charge < -0.3 is 14.5 Å². The number of amides is 1. The second-order valence-electron chi connectivity index (χ2n) is 7.32. The number of hydrogen-bond donors (Lipinski definition) is 1. The average molecular weight is 385 g/mol. The van der Waals surface area contributed by atoms with Gasteiger partial charge in [-0.05, 0) is 50.3 Å². The quantitative estimate of drug-likeness (QED) is 0.576. The zero-order valence-electron chi connectivity index (χ0n) is 15.9. The fourth-order valence-electron chi connectivity index (χ4n) is 2.75. The van der Waals surface area contributed by atoms with E-state index in [1.807, 2.05) is 57.3 Å². The second-order valence-corrected chi connectivity index (χ2v) is 8.20. The van der Waals surface area contributed by atoms with E-state index in [1.54, 1.807) is 6.07 Å². The van der Waals surface area contributed by atoms with Crippen molar-refractivity contribution in [3.63, 3.8) is 0 Å². The molecule has 0 atom stereocenters. The van der Waals surface area contributed by atoms with Crippen LogP contribution in [0.4, 0.5) is 5.00 Å². The Morgan fingerprint density at radius 3 is 2.63 bits per heavy atom. The number of benzene rings is 1. The largest absolute Gasteiger partial charge is 0.456 e. The highest BCUT2D eigenvalue weighted by molar-refractivity contribution is 7.15. The van der Waals surface area contributed by atoms with Crippen molar-refractivity contribution in [2.75, 3.05) is 5.32 Å². The molecule has 0 aliphatic heterocycles. The van der Waals surface area contributed by atoms with E-state index in [9.17, 15) is 9.59 Å². The molecule has 1 N–H and O–H groups in total. The Bertz CT molecular complexity index is 945. The van der Waals surface area contributed by atoms with Crippen molar-refractivity contribution in [2.45, 2.75) is 46.1 Å². The molecular weight excluding hydrogens is 362 g/mol. The van der Waals surface area contributed by atoms with Crippen molar-refractivity contribution >= 4 is 39.2 Å². The number of nitrogens with one attached hydrogen (secondary N) is 1. The highest BCUT2D eigenvalue weighted by Crippen LogP contribution is 2.32. The first kappa shape index (κ1) is 19.2. The Morgan fingerprint density at radius 2 is 1.96 bits per heavy atom. The van der Waals surface area contributed by atoms with E-state index in [4.69, 9.17) is 9.15 Å². The monoisotopic (exact) mass is 385 g/mol. The second kappa shape index (κ2) is 7.56. The van der Waals surface area contributed by atoms with Crippen LogP contribution in [0.1, 0.15) is 60.6 Å². The summed E-state index contributed by atoms with van der Waals surface area (Å²) in [5.41, 5.74) is 1.36. The molecule has 0 saturated heterocycles. The van der Waals surface area contributed by atoms with Crippen molar-refractivity contribution in [3.05, 3.63) is 52.6 Å². The minimum Gasteiger partial charge on any atom is -0.456 e. The van der Waals surface area contributed by atoms with Crippen molar-refractivity contribution in [2.24, 2.45) is 0 Å². The van der Waals surface area contributed by atoms with Crippen LogP contribution in [-0.2, 0) is 11.2 Å². The van der Waals surface area contributed by atoms with Crippen LogP contribution in [-0.4, -0.2) is 17.5 Å². The number of fused-ring (bicyclic) bond motifs is 1. The first-order valence-electron chi connectivity index (χ1n) is 8.92. The number of aryl methyl sites for hydroxylation is 1. The van der Waals surface area contributed by atoms with Crippen LogP contribution in [0.2, 0.25) is 0 Å². The van der Waals surface area contributed by atoms with E-state index in [0.29, 0.717) is 16.1 Å². The number of anilines is 1. The molecular formula is C21H23NO4S. The van der Waals surface area contributed by atoms with E-state index >= 15 is 0 Å². The predicted octanol–water partition coefficient (Wildman–Crippen LogP) is 5.65. The van der Waals surface area contributed by atoms with Gasteiger partial charge in [-0.1, -0.05) is 31.5 Å². The summed E-state index contributed by atoms with van der Waals surface area (Å²) < 4.78 is 11.2. The predicted molar refractivity (Wildman–Crippen MR) is 108 cm³/mol. The molecule has 0 aliphatic carbocycles. The molecule has 0 aliphatic rings. The molecule has 5 nitrogen and oxygen atoms in total. The van der Waals surface area contributed by atoms with Crippen LogP contribution < -0.4 is 5.32 Å². The summed E-state index contributed by atoms with van der Waals surface area (Å²) in [6, 6.07) is 9.12. The van der Waals surface area contributed by atoms with Crippen LogP contribution in [0, 0.1) is 0 Å². The minimum absolute atomic E-state index is 0.205. The third-order valence-electron chi connectivity index (χ3n) is 3.87. The molecule has 0 unspecified atom stereocenters. The number of esters is 1. The molecule has 0 spiro atoms. The van der Waals surface area contributed by atoms with Crippen molar-refractivity contribution in [3.8, 4) is 0 Å². The lowest BCUT2D eigenvalue weighted by molar-refractivity contribution is 0.00701. The summed E-state index contributed by atoms with van der Waals surface area (Å²) in [5.74, 6) is -0.607. The number of para-hydroxylation sites is 1. The number of furan rings is 1. The highest BCUT2D eigenvalue weighted by atomic mass is 32.1. The van der Waals surface area contributed by atoms with Crippen molar-refractivity contribution in [1.82, 2.24) is 0 Å². The highest BCUT2D eigenvalue weighted by Gasteiger charge is 2.26. The van der Waals surface area contributed by atoms with E-state index in [1.165, 1.54) is 11.3 Å². The summed E-state index contributed by atoms with van der Waals surface area (Å²) in [6.45, 7) is 7.51. The summed E-state index contributed by atoms with van der Waals surface area (Å²) in [4.78, 5) is 25.4.